The zero-order chi connectivity index (χ0) is 23.6. The summed E-state index contributed by atoms with van der Waals surface area (Å²) in [6.45, 7) is 7.99. The molecular weight excluding hydrogens is 454 g/mol. The molecule has 5 nitrogen and oxygen atoms in total. The maximum absolute atomic E-state index is 12.7. The van der Waals surface area contributed by atoms with E-state index in [1.165, 1.54) is 37.4 Å². The number of halogens is 1. The summed E-state index contributed by atoms with van der Waals surface area (Å²) < 4.78 is 0. The molecule has 0 unspecified atom stereocenters. The Morgan fingerprint density at radius 1 is 1.09 bits per heavy atom. The topological polar surface area (TPSA) is 61.4 Å². The highest BCUT2D eigenvalue weighted by Crippen LogP contribution is 2.39. The number of fused-ring (bicyclic) bond motifs is 1. The largest absolute Gasteiger partial charge is 0.351 e. The van der Waals surface area contributed by atoms with Crippen LogP contribution in [0.1, 0.15) is 55.5 Å². The molecule has 0 aromatic heterocycles. The van der Waals surface area contributed by atoms with E-state index < -0.39 is 0 Å². The molecule has 2 aromatic carbocycles. The second kappa shape index (κ2) is 12.8. The molecule has 33 heavy (non-hydrogen) atoms. The normalized spacial score (nSPS) is 14.3. The molecule has 0 bridgehead atoms. The van der Waals surface area contributed by atoms with Gasteiger partial charge in [-0.2, -0.15) is 0 Å². The first-order valence-electron chi connectivity index (χ1n) is 11.6. The van der Waals surface area contributed by atoms with Crippen molar-refractivity contribution in [3.8, 4) is 0 Å². The molecule has 1 heterocycles. The Bertz CT molecular complexity index is 1000. The van der Waals surface area contributed by atoms with Crippen LogP contribution in [0, 0.1) is 0 Å². The van der Waals surface area contributed by atoms with Crippen molar-refractivity contribution in [2.24, 2.45) is 0 Å². The van der Waals surface area contributed by atoms with E-state index >= 15 is 0 Å². The van der Waals surface area contributed by atoms with Crippen LogP contribution in [0.5, 0.6) is 0 Å². The third-order valence-electron chi connectivity index (χ3n) is 5.45. The zero-order valence-electron chi connectivity index (χ0n) is 19.3. The highest BCUT2D eigenvalue weighted by Gasteiger charge is 2.22. The molecule has 0 spiro atoms. The fraction of sp³-hybridized carbons (Fsp3) is 0.385. The summed E-state index contributed by atoms with van der Waals surface area (Å²) >= 11 is 7.44. The minimum Gasteiger partial charge on any atom is -0.351 e. The van der Waals surface area contributed by atoms with Crippen molar-refractivity contribution in [3.05, 3.63) is 63.5 Å². The quantitative estimate of drug-likeness (QED) is 0.380. The maximum Gasteiger partial charge on any atom is 0.262 e. The molecule has 1 aliphatic heterocycles. The monoisotopic (exact) mass is 485 g/mol. The third kappa shape index (κ3) is 7.63. The van der Waals surface area contributed by atoms with Gasteiger partial charge in [0.1, 0.15) is 0 Å². The SMILES string of the molecule is CCCCN(CCCC)CCNC(=O)c1ccc2c(c1)NC(=O)C(=Cc1cccc(Cl)c1)S2. The van der Waals surface area contributed by atoms with E-state index in [1.807, 2.05) is 36.4 Å². The van der Waals surface area contributed by atoms with E-state index in [1.54, 1.807) is 12.1 Å². The first-order valence-corrected chi connectivity index (χ1v) is 12.8. The number of benzene rings is 2. The summed E-state index contributed by atoms with van der Waals surface area (Å²) in [4.78, 5) is 29.2. The Morgan fingerprint density at radius 2 is 1.85 bits per heavy atom. The van der Waals surface area contributed by atoms with Crippen LogP contribution >= 0.6 is 23.4 Å². The Hall–Kier alpha value is -2.28. The predicted molar refractivity (Wildman–Crippen MR) is 139 cm³/mol. The Kier molecular flexibility index (Phi) is 9.85. The van der Waals surface area contributed by atoms with Gasteiger partial charge in [0.2, 0.25) is 0 Å². The van der Waals surface area contributed by atoms with Gasteiger partial charge in [-0.25, -0.2) is 0 Å². The summed E-state index contributed by atoms with van der Waals surface area (Å²) in [6, 6.07) is 12.8. The van der Waals surface area contributed by atoms with Crippen LogP contribution in [0.25, 0.3) is 6.08 Å². The molecule has 2 amide bonds. The van der Waals surface area contributed by atoms with E-state index in [-0.39, 0.29) is 11.8 Å². The number of thioether (sulfide) groups is 1. The molecule has 0 radical (unpaired) electrons. The molecule has 176 valence electrons. The van der Waals surface area contributed by atoms with Gasteiger partial charge in [0.05, 0.1) is 10.6 Å². The average Bonchev–Trinajstić information content (AvgIpc) is 2.80. The van der Waals surface area contributed by atoms with Crippen LogP contribution in [0.3, 0.4) is 0 Å². The van der Waals surface area contributed by atoms with Crippen LogP contribution in [0.4, 0.5) is 5.69 Å². The first kappa shape index (κ1) is 25.3. The lowest BCUT2D eigenvalue weighted by molar-refractivity contribution is -0.112. The van der Waals surface area contributed by atoms with Crippen molar-refractivity contribution in [2.75, 3.05) is 31.5 Å². The number of hydrogen-bond donors (Lipinski definition) is 2. The van der Waals surface area contributed by atoms with Crippen LogP contribution in [0.2, 0.25) is 5.02 Å². The molecule has 7 heteroatoms. The molecule has 2 N–H and O–H groups in total. The minimum atomic E-state index is -0.187. The summed E-state index contributed by atoms with van der Waals surface area (Å²) in [6.07, 6.45) is 6.51. The molecule has 0 aliphatic carbocycles. The average molecular weight is 486 g/mol. The summed E-state index contributed by atoms with van der Waals surface area (Å²) in [5, 5.41) is 6.56. The van der Waals surface area contributed by atoms with Gasteiger partial charge in [-0.05, 0) is 67.9 Å². The zero-order valence-corrected chi connectivity index (χ0v) is 20.9. The minimum absolute atomic E-state index is 0.122. The molecule has 0 atom stereocenters. The van der Waals surface area contributed by atoms with Crippen molar-refractivity contribution >= 4 is 46.9 Å². The van der Waals surface area contributed by atoms with Gasteiger partial charge in [0, 0.05) is 28.6 Å². The smallest absolute Gasteiger partial charge is 0.262 e. The lowest BCUT2D eigenvalue weighted by atomic mass is 10.1. The number of hydrogen-bond acceptors (Lipinski definition) is 4. The van der Waals surface area contributed by atoms with Crippen molar-refractivity contribution in [1.82, 2.24) is 10.2 Å². The molecule has 0 saturated heterocycles. The molecule has 1 aliphatic rings. The maximum atomic E-state index is 12.7. The van der Waals surface area contributed by atoms with E-state index in [0.717, 1.165) is 30.1 Å². The standard InChI is InChI=1S/C26H32ClN3O2S/c1-3-5-13-30(14-6-4-2)15-12-28-25(31)20-10-11-23-22(18-20)29-26(32)24(33-23)17-19-8-7-9-21(27)16-19/h7-11,16-18H,3-6,12-15H2,1-2H3,(H,28,31)(H,29,32). The van der Waals surface area contributed by atoms with Crippen LogP contribution in [-0.2, 0) is 4.79 Å². The van der Waals surface area contributed by atoms with Gasteiger partial charge < -0.3 is 15.5 Å². The number of nitrogens with zero attached hydrogens (tertiary/aromatic N) is 1. The number of anilines is 1. The molecule has 2 aromatic rings. The van der Waals surface area contributed by atoms with Crippen molar-refractivity contribution in [1.29, 1.82) is 0 Å². The van der Waals surface area contributed by atoms with E-state index in [0.29, 0.717) is 27.7 Å². The van der Waals surface area contributed by atoms with Gasteiger partial charge in [0.15, 0.2) is 0 Å². The Morgan fingerprint density at radius 3 is 2.55 bits per heavy atom. The second-order valence-electron chi connectivity index (χ2n) is 8.14. The molecule has 0 fully saturated rings. The van der Waals surface area contributed by atoms with Crippen molar-refractivity contribution in [3.63, 3.8) is 0 Å². The van der Waals surface area contributed by atoms with Gasteiger partial charge in [-0.15, -0.1) is 0 Å². The van der Waals surface area contributed by atoms with E-state index in [2.05, 4.69) is 29.4 Å². The number of amides is 2. The number of rotatable bonds is 11. The lowest BCUT2D eigenvalue weighted by Gasteiger charge is -2.22. The van der Waals surface area contributed by atoms with E-state index in [9.17, 15) is 9.59 Å². The lowest BCUT2D eigenvalue weighted by Crippen LogP contribution is -2.36. The van der Waals surface area contributed by atoms with Gasteiger partial charge in [-0.3, -0.25) is 9.59 Å². The van der Waals surface area contributed by atoms with Gasteiger partial charge >= 0.3 is 0 Å². The molecule has 3 rings (SSSR count). The highest BCUT2D eigenvalue weighted by atomic mass is 35.5. The second-order valence-corrected chi connectivity index (χ2v) is 9.66. The fourth-order valence-corrected chi connectivity index (χ4v) is 4.71. The Labute approximate surface area is 206 Å². The molecule has 0 saturated carbocycles. The summed E-state index contributed by atoms with van der Waals surface area (Å²) in [5.41, 5.74) is 2.07. The summed E-state index contributed by atoms with van der Waals surface area (Å²) in [7, 11) is 0. The Balaban J connectivity index is 1.60. The van der Waals surface area contributed by atoms with Crippen LogP contribution in [0.15, 0.2) is 52.3 Å². The van der Waals surface area contributed by atoms with Crippen LogP contribution in [-0.4, -0.2) is 42.9 Å². The highest BCUT2D eigenvalue weighted by molar-refractivity contribution is 8.04. The van der Waals surface area contributed by atoms with E-state index in [4.69, 9.17) is 11.6 Å². The molecular formula is C26H32ClN3O2S. The predicted octanol–water partition coefficient (Wildman–Crippen LogP) is 6.06. The fourth-order valence-electron chi connectivity index (χ4n) is 3.58. The van der Waals surface area contributed by atoms with Gasteiger partial charge in [-0.1, -0.05) is 62.2 Å². The number of nitrogens with one attached hydrogen (secondary N) is 2. The van der Waals surface area contributed by atoms with Gasteiger partial charge in [0.25, 0.3) is 11.8 Å². The first-order chi connectivity index (χ1) is 16.0. The van der Waals surface area contributed by atoms with Crippen molar-refractivity contribution < 1.29 is 9.59 Å². The number of carbonyl (C=O) groups excluding carboxylic acids is 2. The number of carbonyl (C=O) groups is 2. The summed E-state index contributed by atoms with van der Waals surface area (Å²) in [5.74, 6) is -0.309. The number of unbranched alkanes of at least 4 members (excludes halogenated alkanes) is 2. The van der Waals surface area contributed by atoms with Crippen LogP contribution < -0.4 is 10.6 Å². The third-order valence-corrected chi connectivity index (χ3v) is 6.78. The van der Waals surface area contributed by atoms with Crippen molar-refractivity contribution in [2.45, 2.75) is 44.4 Å².